The van der Waals surface area contributed by atoms with Crippen LogP contribution in [0.3, 0.4) is 0 Å². The fourth-order valence-corrected chi connectivity index (χ4v) is 4.96. The Kier molecular flexibility index (Phi) is 4.77. The van der Waals surface area contributed by atoms with E-state index in [4.69, 9.17) is 4.98 Å². The largest absolute Gasteiger partial charge is 0.326 e. The van der Waals surface area contributed by atoms with E-state index < -0.39 is 6.04 Å². The highest BCUT2D eigenvalue weighted by Crippen LogP contribution is 2.41. The predicted molar refractivity (Wildman–Crippen MR) is 117 cm³/mol. The highest BCUT2D eigenvalue weighted by Gasteiger charge is 2.45. The van der Waals surface area contributed by atoms with E-state index in [1.54, 1.807) is 0 Å². The van der Waals surface area contributed by atoms with Crippen LogP contribution in [0.5, 0.6) is 0 Å². The Balaban J connectivity index is 1.50. The quantitative estimate of drug-likeness (QED) is 0.697. The lowest BCUT2D eigenvalue weighted by atomic mass is 9.85. The Bertz CT molecular complexity index is 1090. The van der Waals surface area contributed by atoms with Crippen molar-refractivity contribution in [3.8, 4) is 0 Å². The van der Waals surface area contributed by atoms with Gasteiger partial charge < -0.3 is 5.32 Å². The van der Waals surface area contributed by atoms with Crippen LogP contribution >= 0.6 is 0 Å². The molecule has 0 radical (unpaired) electrons. The molecule has 2 amide bonds. The van der Waals surface area contributed by atoms with Gasteiger partial charge in [0.2, 0.25) is 11.9 Å². The number of carbonyl (C=O) groups excluding carboxylic acids is 2. The monoisotopic (exact) mass is 402 g/mol. The molecular formula is C24H26N4O2. The van der Waals surface area contributed by atoms with Crippen LogP contribution < -0.4 is 10.2 Å². The van der Waals surface area contributed by atoms with E-state index in [0.717, 1.165) is 36.0 Å². The number of anilines is 2. The van der Waals surface area contributed by atoms with Crippen molar-refractivity contribution in [2.75, 3.05) is 10.2 Å². The maximum atomic E-state index is 13.6. The minimum atomic E-state index is -0.565. The van der Waals surface area contributed by atoms with Gasteiger partial charge >= 0.3 is 0 Å². The molecule has 1 saturated carbocycles. The molecule has 1 fully saturated rings. The van der Waals surface area contributed by atoms with Gasteiger partial charge in [-0.25, -0.2) is 4.98 Å². The molecule has 6 nitrogen and oxygen atoms in total. The summed E-state index contributed by atoms with van der Waals surface area (Å²) in [5.74, 6) is 0.942. The molecule has 1 N–H and O–H groups in total. The molecule has 0 bridgehead atoms. The topological polar surface area (TPSA) is 67.2 Å². The van der Waals surface area contributed by atoms with E-state index in [0.29, 0.717) is 11.9 Å². The number of hydrogen-bond acceptors (Lipinski definition) is 3. The van der Waals surface area contributed by atoms with Gasteiger partial charge in [-0.1, -0.05) is 50.1 Å². The molecule has 1 aliphatic heterocycles. The first kappa shape index (κ1) is 18.9. The Morgan fingerprint density at radius 1 is 1.07 bits per heavy atom. The molecule has 30 heavy (non-hydrogen) atoms. The van der Waals surface area contributed by atoms with Crippen LogP contribution in [-0.2, 0) is 9.59 Å². The predicted octanol–water partition coefficient (Wildman–Crippen LogP) is 4.53. The van der Waals surface area contributed by atoms with Gasteiger partial charge in [0.25, 0.3) is 5.91 Å². The number of carbonyl (C=O) groups is 2. The standard InChI is InChI=1S/C24H26N4O2/c1-16-9-5-7-13-19(16)28-23(30)21(15-22(29)25-17-10-3-2-4-11-17)27-20-14-8-6-12-18(20)26-24(27)28/h2-4,6,8,10-12,14,16,19,21H,5,7,9,13,15H2,1H3,(H,25,29)/t16-,19-,21+/m0/s1. The second-order valence-corrected chi connectivity index (χ2v) is 8.44. The maximum Gasteiger partial charge on any atom is 0.253 e. The Labute approximate surface area is 175 Å². The Morgan fingerprint density at radius 3 is 2.60 bits per heavy atom. The molecule has 2 heterocycles. The number of hydrogen-bond donors (Lipinski definition) is 1. The Hall–Kier alpha value is -3.15. The fourth-order valence-electron chi connectivity index (χ4n) is 4.96. The summed E-state index contributed by atoms with van der Waals surface area (Å²) in [5, 5.41) is 2.92. The lowest BCUT2D eigenvalue weighted by molar-refractivity contribution is -0.125. The van der Waals surface area contributed by atoms with Crippen LogP contribution in [0, 0.1) is 5.92 Å². The average molecular weight is 402 g/mol. The molecule has 6 heteroatoms. The second kappa shape index (κ2) is 7.59. The molecule has 0 spiro atoms. The van der Waals surface area contributed by atoms with Crippen LogP contribution in [0.4, 0.5) is 11.6 Å². The highest BCUT2D eigenvalue weighted by molar-refractivity contribution is 6.05. The summed E-state index contributed by atoms with van der Waals surface area (Å²) in [6.07, 6.45) is 4.53. The van der Waals surface area contributed by atoms with E-state index in [2.05, 4.69) is 12.2 Å². The normalized spacial score (nSPS) is 23.6. The van der Waals surface area contributed by atoms with Crippen LogP contribution in [0.2, 0.25) is 0 Å². The first-order chi connectivity index (χ1) is 14.6. The van der Waals surface area contributed by atoms with E-state index in [1.807, 2.05) is 64.1 Å². The van der Waals surface area contributed by atoms with Crippen molar-refractivity contribution in [2.24, 2.45) is 5.92 Å². The second-order valence-electron chi connectivity index (χ2n) is 8.44. The third-order valence-electron chi connectivity index (χ3n) is 6.46. The van der Waals surface area contributed by atoms with Crippen LogP contribution in [0.1, 0.15) is 45.1 Å². The molecule has 0 unspecified atom stereocenters. The number of para-hydroxylation sites is 3. The van der Waals surface area contributed by atoms with Crippen LogP contribution in [0.25, 0.3) is 11.0 Å². The lowest BCUT2D eigenvalue weighted by Crippen LogP contribution is -2.44. The molecule has 3 atom stereocenters. The summed E-state index contributed by atoms with van der Waals surface area (Å²) in [4.78, 5) is 33.1. The van der Waals surface area contributed by atoms with Crippen molar-refractivity contribution in [1.82, 2.24) is 9.55 Å². The first-order valence-electron chi connectivity index (χ1n) is 10.8. The minimum Gasteiger partial charge on any atom is -0.326 e. The van der Waals surface area contributed by atoms with Gasteiger partial charge in [-0.05, 0) is 43.0 Å². The number of amides is 2. The van der Waals surface area contributed by atoms with Crippen molar-refractivity contribution >= 4 is 34.5 Å². The zero-order chi connectivity index (χ0) is 20.7. The van der Waals surface area contributed by atoms with E-state index in [1.165, 1.54) is 6.42 Å². The molecule has 3 aromatic rings. The van der Waals surface area contributed by atoms with Crippen LogP contribution in [0.15, 0.2) is 54.6 Å². The van der Waals surface area contributed by atoms with Crippen molar-refractivity contribution in [1.29, 1.82) is 0 Å². The number of aromatic nitrogens is 2. The number of imidazole rings is 1. The number of rotatable bonds is 4. The van der Waals surface area contributed by atoms with Crippen molar-refractivity contribution in [3.05, 3.63) is 54.6 Å². The van der Waals surface area contributed by atoms with Gasteiger partial charge in [-0.3, -0.25) is 19.1 Å². The van der Waals surface area contributed by atoms with E-state index in [-0.39, 0.29) is 24.3 Å². The zero-order valence-electron chi connectivity index (χ0n) is 17.1. The van der Waals surface area contributed by atoms with Crippen molar-refractivity contribution in [3.63, 3.8) is 0 Å². The molecule has 2 aromatic carbocycles. The minimum absolute atomic E-state index is 0.00906. The molecule has 5 rings (SSSR count). The van der Waals surface area contributed by atoms with Crippen LogP contribution in [-0.4, -0.2) is 27.4 Å². The van der Waals surface area contributed by atoms with E-state index in [9.17, 15) is 9.59 Å². The van der Waals surface area contributed by atoms with Gasteiger partial charge in [0.05, 0.1) is 17.5 Å². The van der Waals surface area contributed by atoms with Gasteiger partial charge in [0, 0.05) is 11.7 Å². The summed E-state index contributed by atoms with van der Waals surface area (Å²) in [6, 6.07) is 16.8. The molecular weight excluding hydrogens is 376 g/mol. The number of benzene rings is 2. The molecule has 2 aliphatic rings. The fraction of sp³-hybridized carbons (Fsp3) is 0.375. The molecule has 154 valence electrons. The third-order valence-corrected chi connectivity index (χ3v) is 6.46. The van der Waals surface area contributed by atoms with Crippen molar-refractivity contribution < 1.29 is 9.59 Å². The first-order valence-corrected chi connectivity index (χ1v) is 10.8. The molecule has 0 saturated heterocycles. The lowest BCUT2D eigenvalue weighted by Gasteiger charge is -2.35. The average Bonchev–Trinajstić information content (AvgIpc) is 3.24. The van der Waals surface area contributed by atoms with Crippen molar-refractivity contribution in [2.45, 2.75) is 51.1 Å². The van der Waals surface area contributed by atoms with Gasteiger partial charge in [0.1, 0.15) is 6.04 Å². The highest BCUT2D eigenvalue weighted by atomic mass is 16.2. The maximum absolute atomic E-state index is 13.6. The van der Waals surface area contributed by atoms with E-state index >= 15 is 0 Å². The summed E-state index contributed by atoms with van der Waals surface area (Å²) < 4.78 is 1.98. The number of fused-ring (bicyclic) bond motifs is 3. The summed E-state index contributed by atoms with van der Waals surface area (Å²) in [5.41, 5.74) is 2.51. The summed E-state index contributed by atoms with van der Waals surface area (Å²) >= 11 is 0. The van der Waals surface area contributed by atoms with Gasteiger partial charge in [-0.2, -0.15) is 0 Å². The third kappa shape index (κ3) is 3.16. The smallest absolute Gasteiger partial charge is 0.253 e. The molecule has 1 aromatic heterocycles. The zero-order valence-corrected chi connectivity index (χ0v) is 17.1. The molecule has 1 aliphatic carbocycles. The summed E-state index contributed by atoms with van der Waals surface area (Å²) in [7, 11) is 0. The SMILES string of the molecule is C[C@H]1CCCC[C@@H]1N1C(=O)[C@@H](CC(=O)Nc2ccccc2)n2c1nc1ccccc12. The Morgan fingerprint density at radius 2 is 1.80 bits per heavy atom. The summed E-state index contributed by atoms with van der Waals surface area (Å²) in [6.45, 7) is 2.22. The van der Waals surface area contributed by atoms with Gasteiger partial charge in [-0.15, -0.1) is 0 Å². The number of nitrogens with one attached hydrogen (secondary N) is 1. The van der Waals surface area contributed by atoms with Gasteiger partial charge in [0.15, 0.2) is 0 Å². The number of nitrogens with zero attached hydrogens (tertiary/aromatic N) is 3.